The van der Waals surface area contributed by atoms with Gasteiger partial charge in [0.25, 0.3) is 0 Å². The molecule has 148 valence electrons. The van der Waals surface area contributed by atoms with Gasteiger partial charge in [-0.3, -0.25) is 9.69 Å². The van der Waals surface area contributed by atoms with E-state index in [4.69, 9.17) is 4.74 Å². The molecule has 0 bridgehead atoms. The van der Waals surface area contributed by atoms with Gasteiger partial charge in [-0.15, -0.1) is 0 Å². The van der Waals surface area contributed by atoms with Crippen molar-refractivity contribution in [2.24, 2.45) is 11.8 Å². The summed E-state index contributed by atoms with van der Waals surface area (Å²) in [5.41, 5.74) is 4.59. The van der Waals surface area contributed by atoms with Crippen molar-refractivity contribution >= 4 is 5.78 Å². The van der Waals surface area contributed by atoms with Crippen molar-refractivity contribution in [2.45, 2.75) is 46.1 Å². The third-order valence-electron chi connectivity index (χ3n) is 6.38. The number of benzene rings is 2. The van der Waals surface area contributed by atoms with Crippen LogP contribution in [0.15, 0.2) is 42.5 Å². The second-order valence-electron chi connectivity index (χ2n) is 8.41. The van der Waals surface area contributed by atoms with Crippen LogP contribution in [0.5, 0.6) is 5.75 Å². The van der Waals surface area contributed by atoms with Crippen molar-refractivity contribution in [2.75, 3.05) is 19.7 Å². The van der Waals surface area contributed by atoms with E-state index in [-0.39, 0.29) is 5.92 Å². The van der Waals surface area contributed by atoms with Crippen LogP contribution in [0.4, 0.5) is 0 Å². The number of hydrogen-bond acceptors (Lipinski definition) is 3. The summed E-state index contributed by atoms with van der Waals surface area (Å²) in [6.07, 6.45) is 4.33. The number of carbonyl (C=O) groups is 1. The molecule has 1 fully saturated rings. The maximum Gasteiger partial charge on any atom is 0.166 e. The van der Waals surface area contributed by atoms with Gasteiger partial charge in [0.15, 0.2) is 5.78 Å². The fourth-order valence-corrected chi connectivity index (χ4v) is 4.83. The third-order valence-corrected chi connectivity index (χ3v) is 6.38. The Kier molecular flexibility index (Phi) is 5.82. The highest BCUT2D eigenvalue weighted by Crippen LogP contribution is 2.37. The smallest absolute Gasteiger partial charge is 0.166 e. The Labute approximate surface area is 168 Å². The lowest BCUT2D eigenvalue weighted by molar-refractivity contribution is 0.0895. The highest BCUT2D eigenvalue weighted by molar-refractivity contribution is 6.02. The number of ether oxygens (including phenoxy) is 1. The molecule has 1 unspecified atom stereocenters. The molecule has 1 aliphatic heterocycles. The van der Waals surface area contributed by atoms with E-state index in [9.17, 15) is 4.79 Å². The monoisotopic (exact) mass is 377 g/mol. The minimum absolute atomic E-state index is 0.164. The summed E-state index contributed by atoms with van der Waals surface area (Å²) in [6.45, 7) is 8.03. The van der Waals surface area contributed by atoms with Crippen LogP contribution in [0.3, 0.4) is 0 Å². The number of likely N-dealkylation sites (tertiary alicyclic amines) is 1. The standard InChI is InChI=1S/C25H31NO2/c1-3-28-24-16-21-15-22(25(27)23(21)13-18(24)2)14-19-9-11-26(12-10-19)17-20-7-5-4-6-8-20/h4-8,13,16,19,22H,3,9-12,14-15,17H2,1-2H3. The minimum Gasteiger partial charge on any atom is -0.494 e. The molecule has 2 aromatic carbocycles. The number of fused-ring (bicyclic) bond motifs is 1. The lowest BCUT2D eigenvalue weighted by Gasteiger charge is -2.32. The number of nitrogens with zero attached hydrogens (tertiary/aromatic N) is 1. The second kappa shape index (κ2) is 8.48. The molecular weight excluding hydrogens is 346 g/mol. The molecule has 3 heteroatoms. The first-order chi connectivity index (χ1) is 13.6. The van der Waals surface area contributed by atoms with Crippen LogP contribution in [0.25, 0.3) is 0 Å². The first kappa shape index (κ1) is 19.2. The molecule has 1 aliphatic carbocycles. The van der Waals surface area contributed by atoms with Crippen molar-refractivity contribution in [1.82, 2.24) is 4.90 Å². The summed E-state index contributed by atoms with van der Waals surface area (Å²) in [7, 11) is 0. The molecule has 0 spiro atoms. The van der Waals surface area contributed by atoms with Gasteiger partial charge in [0.1, 0.15) is 5.75 Å². The number of hydrogen-bond donors (Lipinski definition) is 0. The van der Waals surface area contributed by atoms with Gasteiger partial charge < -0.3 is 4.74 Å². The van der Waals surface area contributed by atoms with Crippen molar-refractivity contribution < 1.29 is 9.53 Å². The SMILES string of the molecule is CCOc1cc2c(cc1C)C(=O)C(CC1CCN(Cc3ccccc3)CC1)C2. The summed E-state index contributed by atoms with van der Waals surface area (Å²) >= 11 is 0. The van der Waals surface area contributed by atoms with Crippen molar-refractivity contribution in [3.05, 3.63) is 64.7 Å². The average molecular weight is 378 g/mol. The summed E-state index contributed by atoms with van der Waals surface area (Å²) in [4.78, 5) is 15.5. The Morgan fingerprint density at radius 2 is 1.86 bits per heavy atom. The molecule has 0 saturated carbocycles. The molecular formula is C25H31NO2. The number of aryl methyl sites for hydroxylation is 1. The number of carbonyl (C=O) groups excluding carboxylic acids is 1. The molecule has 0 amide bonds. The number of Topliss-reactive ketones (excluding diaryl/α,β-unsaturated/α-hetero) is 1. The van der Waals surface area contributed by atoms with E-state index in [2.05, 4.69) is 41.3 Å². The van der Waals surface area contributed by atoms with E-state index < -0.39 is 0 Å². The largest absolute Gasteiger partial charge is 0.494 e. The summed E-state index contributed by atoms with van der Waals surface area (Å²) < 4.78 is 5.73. The van der Waals surface area contributed by atoms with Gasteiger partial charge in [0.2, 0.25) is 0 Å². The van der Waals surface area contributed by atoms with E-state index in [1.165, 1.54) is 24.0 Å². The predicted molar refractivity (Wildman–Crippen MR) is 113 cm³/mol. The van der Waals surface area contributed by atoms with Gasteiger partial charge in [-0.25, -0.2) is 0 Å². The molecule has 0 N–H and O–H groups in total. The fourth-order valence-electron chi connectivity index (χ4n) is 4.83. The summed E-state index contributed by atoms with van der Waals surface area (Å²) in [6, 6.07) is 14.9. The summed E-state index contributed by atoms with van der Waals surface area (Å²) in [5, 5.41) is 0. The van der Waals surface area contributed by atoms with Crippen LogP contribution in [0.2, 0.25) is 0 Å². The minimum atomic E-state index is 0.164. The molecule has 0 radical (unpaired) electrons. The Morgan fingerprint density at radius 1 is 1.11 bits per heavy atom. The third kappa shape index (κ3) is 4.15. The van der Waals surface area contributed by atoms with Crippen molar-refractivity contribution in [3.63, 3.8) is 0 Å². The number of ketones is 1. The number of piperidine rings is 1. The Hall–Kier alpha value is -2.13. The van der Waals surface area contributed by atoms with Crippen LogP contribution >= 0.6 is 0 Å². The lowest BCUT2D eigenvalue weighted by Crippen LogP contribution is -2.34. The zero-order valence-corrected chi connectivity index (χ0v) is 17.1. The maximum absolute atomic E-state index is 12.9. The average Bonchev–Trinajstić information content (AvgIpc) is 3.00. The zero-order chi connectivity index (χ0) is 19.5. The van der Waals surface area contributed by atoms with E-state index in [0.717, 1.165) is 49.4 Å². The van der Waals surface area contributed by atoms with Gasteiger partial charge >= 0.3 is 0 Å². The van der Waals surface area contributed by atoms with Crippen LogP contribution in [0, 0.1) is 18.8 Å². The second-order valence-corrected chi connectivity index (χ2v) is 8.41. The van der Waals surface area contributed by atoms with E-state index >= 15 is 0 Å². The Bertz CT molecular complexity index is 822. The fraction of sp³-hybridized carbons (Fsp3) is 0.480. The van der Waals surface area contributed by atoms with Crippen LogP contribution in [-0.4, -0.2) is 30.4 Å². The van der Waals surface area contributed by atoms with E-state index in [0.29, 0.717) is 18.3 Å². The van der Waals surface area contributed by atoms with Crippen molar-refractivity contribution in [3.8, 4) is 5.75 Å². The first-order valence-electron chi connectivity index (χ1n) is 10.7. The maximum atomic E-state index is 12.9. The van der Waals surface area contributed by atoms with E-state index in [1.807, 2.05) is 19.9 Å². The van der Waals surface area contributed by atoms with Gasteiger partial charge in [-0.1, -0.05) is 30.3 Å². The molecule has 4 rings (SSSR count). The first-order valence-corrected chi connectivity index (χ1v) is 10.7. The highest BCUT2D eigenvalue weighted by Gasteiger charge is 2.34. The predicted octanol–water partition coefficient (Wildman–Crippen LogP) is 5.05. The van der Waals surface area contributed by atoms with Gasteiger partial charge in [-0.2, -0.15) is 0 Å². The molecule has 1 atom stereocenters. The molecule has 0 aromatic heterocycles. The van der Waals surface area contributed by atoms with Crippen molar-refractivity contribution in [1.29, 1.82) is 0 Å². The summed E-state index contributed by atoms with van der Waals surface area (Å²) in [5.74, 6) is 2.12. The quantitative estimate of drug-likeness (QED) is 0.705. The Morgan fingerprint density at radius 3 is 2.57 bits per heavy atom. The molecule has 28 heavy (non-hydrogen) atoms. The van der Waals surface area contributed by atoms with Gasteiger partial charge in [-0.05, 0) is 87.4 Å². The van der Waals surface area contributed by atoms with Crippen LogP contribution in [-0.2, 0) is 13.0 Å². The lowest BCUT2D eigenvalue weighted by atomic mass is 9.85. The molecule has 3 nitrogen and oxygen atoms in total. The topological polar surface area (TPSA) is 29.5 Å². The molecule has 2 aliphatic rings. The number of rotatable bonds is 6. The molecule has 1 saturated heterocycles. The molecule has 2 aromatic rings. The van der Waals surface area contributed by atoms with Gasteiger partial charge in [0, 0.05) is 18.0 Å². The molecule has 1 heterocycles. The highest BCUT2D eigenvalue weighted by atomic mass is 16.5. The van der Waals surface area contributed by atoms with Gasteiger partial charge in [0.05, 0.1) is 6.61 Å². The Balaban J connectivity index is 1.32. The van der Waals surface area contributed by atoms with Crippen LogP contribution < -0.4 is 4.74 Å². The zero-order valence-electron chi connectivity index (χ0n) is 17.1. The van der Waals surface area contributed by atoms with E-state index in [1.54, 1.807) is 0 Å². The normalized spacial score (nSPS) is 20.4. The van der Waals surface area contributed by atoms with Crippen LogP contribution in [0.1, 0.15) is 53.2 Å².